The predicted octanol–water partition coefficient (Wildman–Crippen LogP) is 0.944. The van der Waals surface area contributed by atoms with Crippen LogP contribution in [-0.2, 0) is 0 Å². The van der Waals surface area contributed by atoms with E-state index >= 15 is 0 Å². The second-order valence-electron chi connectivity index (χ2n) is 3.94. The summed E-state index contributed by atoms with van der Waals surface area (Å²) >= 11 is 0. The fraction of sp³-hybridized carbons (Fsp3) is 0.600. The Balaban J connectivity index is 2.17. The van der Waals surface area contributed by atoms with E-state index in [0.29, 0.717) is 5.92 Å². The van der Waals surface area contributed by atoms with E-state index in [9.17, 15) is 0 Å². The third-order valence-electron chi connectivity index (χ3n) is 2.67. The Kier molecular flexibility index (Phi) is 2.14. The number of rotatable bonds is 1. The average molecular weight is 180 g/mol. The minimum atomic E-state index is 0.218. The molecule has 0 radical (unpaired) electrons. The van der Waals surface area contributed by atoms with Crippen LogP contribution in [-0.4, -0.2) is 31.1 Å². The van der Waals surface area contributed by atoms with Gasteiger partial charge in [-0.05, 0) is 26.1 Å². The van der Waals surface area contributed by atoms with Gasteiger partial charge in [0.05, 0.1) is 0 Å². The second-order valence-corrected chi connectivity index (χ2v) is 3.94. The number of furan rings is 1. The van der Waals surface area contributed by atoms with Crippen molar-refractivity contribution in [3.05, 3.63) is 23.7 Å². The van der Waals surface area contributed by atoms with Gasteiger partial charge in [-0.25, -0.2) is 0 Å². The summed E-state index contributed by atoms with van der Waals surface area (Å²) in [5.41, 5.74) is 6.01. The van der Waals surface area contributed by atoms with Crippen molar-refractivity contribution in [3.63, 3.8) is 0 Å². The zero-order chi connectivity index (χ0) is 9.42. The number of likely N-dealkylation sites (N-methyl/N-ethyl adjacent to an activating group) is 1. The number of likely N-dealkylation sites (tertiary alicyclic amines) is 1. The summed E-state index contributed by atoms with van der Waals surface area (Å²) in [6.07, 6.45) is 0. The molecule has 1 fully saturated rings. The quantitative estimate of drug-likeness (QED) is 0.699. The van der Waals surface area contributed by atoms with Crippen LogP contribution in [0.5, 0.6) is 0 Å². The Hall–Kier alpha value is -0.800. The molecular formula is C10H16N2O. The van der Waals surface area contributed by atoms with Gasteiger partial charge in [0.25, 0.3) is 0 Å². The highest BCUT2D eigenvalue weighted by Crippen LogP contribution is 2.26. The minimum Gasteiger partial charge on any atom is -0.466 e. The van der Waals surface area contributed by atoms with Crippen LogP contribution in [0.3, 0.4) is 0 Å². The van der Waals surface area contributed by atoms with Crippen molar-refractivity contribution in [3.8, 4) is 0 Å². The highest BCUT2D eigenvalue weighted by molar-refractivity contribution is 5.15. The van der Waals surface area contributed by atoms with E-state index in [4.69, 9.17) is 10.2 Å². The Morgan fingerprint density at radius 1 is 1.46 bits per heavy atom. The smallest absolute Gasteiger partial charge is 0.110 e. The summed E-state index contributed by atoms with van der Waals surface area (Å²) < 4.78 is 5.58. The van der Waals surface area contributed by atoms with Crippen LogP contribution in [0.1, 0.15) is 17.4 Å². The molecule has 1 aliphatic heterocycles. The monoisotopic (exact) mass is 180 g/mol. The normalized spacial score (nSPS) is 29.8. The van der Waals surface area contributed by atoms with Gasteiger partial charge < -0.3 is 15.1 Å². The molecule has 3 nitrogen and oxygen atoms in total. The van der Waals surface area contributed by atoms with E-state index in [1.807, 2.05) is 19.1 Å². The van der Waals surface area contributed by atoms with E-state index in [1.165, 1.54) is 0 Å². The predicted molar refractivity (Wildman–Crippen MR) is 51.7 cm³/mol. The molecule has 3 heteroatoms. The molecule has 1 aliphatic rings. The van der Waals surface area contributed by atoms with Gasteiger partial charge >= 0.3 is 0 Å². The maximum absolute atomic E-state index is 6.01. The molecule has 0 saturated carbocycles. The van der Waals surface area contributed by atoms with Crippen LogP contribution in [0, 0.1) is 6.92 Å². The summed E-state index contributed by atoms with van der Waals surface area (Å²) in [6.45, 7) is 3.94. The maximum Gasteiger partial charge on any atom is 0.110 e. The van der Waals surface area contributed by atoms with E-state index in [2.05, 4.69) is 11.9 Å². The first-order chi connectivity index (χ1) is 6.16. The Bertz CT molecular complexity index is 295. The first-order valence-corrected chi connectivity index (χ1v) is 4.67. The maximum atomic E-state index is 6.01. The molecule has 1 aromatic heterocycles. The van der Waals surface area contributed by atoms with Crippen molar-refractivity contribution >= 4 is 0 Å². The molecular weight excluding hydrogens is 164 g/mol. The fourth-order valence-electron chi connectivity index (χ4n) is 1.99. The van der Waals surface area contributed by atoms with E-state index in [1.54, 1.807) is 0 Å². The lowest BCUT2D eigenvalue weighted by molar-refractivity contribution is 0.393. The molecule has 2 heterocycles. The number of hydrogen-bond donors (Lipinski definition) is 1. The molecule has 0 spiro atoms. The topological polar surface area (TPSA) is 42.4 Å². The van der Waals surface area contributed by atoms with Crippen molar-refractivity contribution in [2.45, 2.75) is 18.9 Å². The molecule has 0 aromatic carbocycles. The summed E-state index contributed by atoms with van der Waals surface area (Å²) in [5, 5.41) is 0. The SMILES string of the molecule is Cc1ccc([C@@H]2CN(C)C[C@@H]2N)o1. The molecule has 0 aliphatic carbocycles. The Labute approximate surface area is 78.5 Å². The summed E-state index contributed by atoms with van der Waals surface area (Å²) in [5.74, 6) is 2.38. The lowest BCUT2D eigenvalue weighted by Crippen LogP contribution is -2.27. The second kappa shape index (κ2) is 3.16. The van der Waals surface area contributed by atoms with Crippen LogP contribution >= 0.6 is 0 Å². The van der Waals surface area contributed by atoms with E-state index in [-0.39, 0.29) is 6.04 Å². The fourth-order valence-corrected chi connectivity index (χ4v) is 1.99. The third kappa shape index (κ3) is 1.62. The van der Waals surface area contributed by atoms with Gasteiger partial charge in [-0.2, -0.15) is 0 Å². The Morgan fingerprint density at radius 2 is 2.23 bits per heavy atom. The van der Waals surface area contributed by atoms with Gasteiger partial charge in [0.2, 0.25) is 0 Å². The van der Waals surface area contributed by atoms with Crippen LogP contribution < -0.4 is 5.73 Å². The van der Waals surface area contributed by atoms with Gasteiger partial charge in [-0.3, -0.25) is 0 Å². The zero-order valence-corrected chi connectivity index (χ0v) is 8.16. The first-order valence-electron chi connectivity index (χ1n) is 4.67. The first kappa shape index (κ1) is 8.78. The van der Waals surface area contributed by atoms with E-state index < -0.39 is 0 Å². The van der Waals surface area contributed by atoms with Gasteiger partial charge in [0, 0.05) is 25.0 Å². The molecule has 72 valence electrons. The van der Waals surface area contributed by atoms with E-state index in [0.717, 1.165) is 24.6 Å². The van der Waals surface area contributed by atoms with Crippen LogP contribution in [0.25, 0.3) is 0 Å². The summed E-state index contributed by atoms with van der Waals surface area (Å²) in [7, 11) is 2.09. The highest BCUT2D eigenvalue weighted by Gasteiger charge is 2.31. The van der Waals surface area contributed by atoms with Crippen LogP contribution in [0.2, 0.25) is 0 Å². The third-order valence-corrected chi connectivity index (χ3v) is 2.67. The molecule has 2 atom stereocenters. The lowest BCUT2D eigenvalue weighted by Gasteiger charge is -2.10. The minimum absolute atomic E-state index is 0.218. The van der Waals surface area contributed by atoms with Gasteiger partial charge in [0.15, 0.2) is 0 Å². The zero-order valence-electron chi connectivity index (χ0n) is 8.16. The molecule has 0 unspecified atom stereocenters. The Morgan fingerprint density at radius 3 is 2.69 bits per heavy atom. The van der Waals surface area contributed by atoms with Gasteiger partial charge in [0.1, 0.15) is 11.5 Å². The summed E-state index contributed by atoms with van der Waals surface area (Å²) in [4.78, 5) is 2.24. The molecule has 13 heavy (non-hydrogen) atoms. The number of nitrogens with two attached hydrogens (primary N) is 1. The largest absolute Gasteiger partial charge is 0.466 e. The molecule has 2 N–H and O–H groups in total. The van der Waals surface area contributed by atoms with Crippen molar-refractivity contribution in [1.82, 2.24) is 4.90 Å². The van der Waals surface area contributed by atoms with Crippen molar-refractivity contribution in [1.29, 1.82) is 0 Å². The molecule has 1 aromatic rings. The summed E-state index contributed by atoms with van der Waals surface area (Å²) in [6, 6.07) is 4.26. The number of hydrogen-bond acceptors (Lipinski definition) is 3. The van der Waals surface area contributed by atoms with Gasteiger partial charge in [-0.1, -0.05) is 0 Å². The van der Waals surface area contributed by atoms with Crippen molar-refractivity contribution in [2.24, 2.45) is 5.73 Å². The molecule has 0 bridgehead atoms. The average Bonchev–Trinajstić information content (AvgIpc) is 2.58. The van der Waals surface area contributed by atoms with Crippen molar-refractivity contribution in [2.75, 3.05) is 20.1 Å². The number of aryl methyl sites for hydroxylation is 1. The standard InChI is InChI=1S/C10H16N2O/c1-7-3-4-10(13-7)8-5-12(2)6-9(8)11/h3-4,8-9H,5-6,11H2,1-2H3/t8-,9+/m1/s1. The van der Waals surface area contributed by atoms with Crippen LogP contribution in [0.4, 0.5) is 0 Å². The highest BCUT2D eigenvalue weighted by atomic mass is 16.3. The number of nitrogens with zero attached hydrogens (tertiary/aromatic N) is 1. The molecule has 2 rings (SSSR count). The molecule has 1 saturated heterocycles. The lowest BCUT2D eigenvalue weighted by atomic mass is 10.0. The van der Waals surface area contributed by atoms with Gasteiger partial charge in [-0.15, -0.1) is 0 Å². The van der Waals surface area contributed by atoms with Crippen molar-refractivity contribution < 1.29 is 4.42 Å². The van der Waals surface area contributed by atoms with Crippen LogP contribution in [0.15, 0.2) is 16.5 Å². The molecule has 0 amide bonds.